The van der Waals surface area contributed by atoms with Crippen molar-refractivity contribution in [2.75, 3.05) is 33.2 Å². The van der Waals surface area contributed by atoms with Gasteiger partial charge in [-0.25, -0.2) is 0 Å². The molecule has 2 heterocycles. The predicted molar refractivity (Wildman–Crippen MR) is 102 cm³/mol. The van der Waals surface area contributed by atoms with Crippen LogP contribution < -0.4 is 0 Å². The van der Waals surface area contributed by atoms with Crippen molar-refractivity contribution in [1.82, 2.24) is 9.80 Å². The van der Waals surface area contributed by atoms with Crippen LogP contribution in [0.3, 0.4) is 0 Å². The van der Waals surface area contributed by atoms with Crippen LogP contribution in [-0.4, -0.2) is 48.1 Å². The molecule has 0 aromatic heterocycles. The molecule has 1 fully saturated rings. The molecule has 0 saturated carbocycles. The molecule has 3 nitrogen and oxygen atoms in total. The Bertz CT molecular complexity index is 707. The zero-order valence-electron chi connectivity index (χ0n) is 15.1. The third-order valence-electron chi connectivity index (χ3n) is 6.26. The van der Waals surface area contributed by atoms with Gasteiger partial charge in [-0.2, -0.15) is 0 Å². The number of rotatable bonds is 3. The van der Waals surface area contributed by atoms with E-state index in [1.54, 1.807) is 0 Å². The lowest BCUT2D eigenvalue weighted by Crippen LogP contribution is -2.55. The van der Waals surface area contributed by atoms with Gasteiger partial charge in [-0.15, -0.1) is 0 Å². The first-order valence-electron chi connectivity index (χ1n) is 9.44. The molecule has 2 aliphatic rings. The molecule has 0 radical (unpaired) electrons. The molecule has 1 N–H and O–H groups in total. The predicted octanol–water partition coefficient (Wildman–Crippen LogP) is 3.20. The molecule has 1 unspecified atom stereocenters. The third kappa shape index (κ3) is 3.12. The average Bonchev–Trinajstić information content (AvgIpc) is 2.67. The molecule has 1 saturated heterocycles. The summed E-state index contributed by atoms with van der Waals surface area (Å²) in [5, 5.41) is 10.5. The van der Waals surface area contributed by atoms with Crippen molar-refractivity contribution in [2.45, 2.75) is 30.9 Å². The second kappa shape index (κ2) is 6.91. The summed E-state index contributed by atoms with van der Waals surface area (Å²) < 4.78 is 0. The number of fused-ring (bicyclic) bond motifs is 2. The van der Waals surface area contributed by atoms with E-state index in [-0.39, 0.29) is 5.54 Å². The van der Waals surface area contributed by atoms with Crippen molar-refractivity contribution in [3.05, 3.63) is 71.3 Å². The SMILES string of the molecule is CN1CCc2ccccc2C12CCN(CC(O)c1ccccc1)CC2. The number of nitrogens with zero attached hydrogens (tertiary/aromatic N) is 2. The highest BCUT2D eigenvalue weighted by molar-refractivity contribution is 5.37. The Morgan fingerprint density at radius 1 is 0.960 bits per heavy atom. The molecule has 0 aliphatic carbocycles. The van der Waals surface area contributed by atoms with Gasteiger partial charge in [-0.3, -0.25) is 4.90 Å². The first-order valence-corrected chi connectivity index (χ1v) is 9.44. The minimum absolute atomic E-state index is 0.184. The molecule has 2 aromatic carbocycles. The Morgan fingerprint density at radius 2 is 1.64 bits per heavy atom. The fraction of sp³-hybridized carbons (Fsp3) is 0.455. The van der Waals surface area contributed by atoms with Gasteiger partial charge in [0.05, 0.1) is 6.10 Å². The topological polar surface area (TPSA) is 26.7 Å². The number of hydrogen-bond donors (Lipinski definition) is 1. The van der Waals surface area contributed by atoms with Gasteiger partial charge in [-0.05, 0) is 43.0 Å². The van der Waals surface area contributed by atoms with Gasteiger partial charge < -0.3 is 10.0 Å². The van der Waals surface area contributed by atoms with Crippen LogP contribution in [0.15, 0.2) is 54.6 Å². The van der Waals surface area contributed by atoms with Gasteiger partial charge in [-0.1, -0.05) is 54.6 Å². The minimum Gasteiger partial charge on any atom is -0.387 e. The summed E-state index contributed by atoms with van der Waals surface area (Å²) in [7, 11) is 2.28. The van der Waals surface area contributed by atoms with E-state index in [1.807, 2.05) is 30.3 Å². The summed E-state index contributed by atoms with van der Waals surface area (Å²) in [5.74, 6) is 0. The Labute approximate surface area is 150 Å². The van der Waals surface area contributed by atoms with Gasteiger partial charge in [0, 0.05) is 31.7 Å². The highest BCUT2D eigenvalue weighted by atomic mass is 16.3. The van der Waals surface area contributed by atoms with E-state index >= 15 is 0 Å². The average molecular weight is 336 g/mol. The lowest BCUT2D eigenvalue weighted by Gasteiger charge is -2.51. The fourth-order valence-corrected chi connectivity index (χ4v) is 4.68. The second-order valence-electron chi connectivity index (χ2n) is 7.59. The van der Waals surface area contributed by atoms with Crippen molar-refractivity contribution in [2.24, 2.45) is 0 Å². The molecule has 2 aromatic rings. The van der Waals surface area contributed by atoms with E-state index in [1.165, 1.54) is 11.1 Å². The Balaban J connectivity index is 1.46. The lowest BCUT2D eigenvalue weighted by atomic mass is 9.74. The standard InChI is InChI=1S/C22H28N2O/c1-23-14-11-18-7-5-6-10-20(18)22(23)12-15-24(16-13-22)17-21(25)19-8-3-2-4-9-19/h2-10,21,25H,11-17H2,1H3. The van der Waals surface area contributed by atoms with E-state index in [0.29, 0.717) is 0 Å². The maximum Gasteiger partial charge on any atom is 0.0916 e. The molecule has 25 heavy (non-hydrogen) atoms. The summed E-state index contributed by atoms with van der Waals surface area (Å²) in [5.41, 5.74) is 4.26. The van der Waals surface area contributed by atoms with E-state index in [9.17, 15) is 5.11 Å². The highest BCUT2D eigenvalue weighted by Crippen LogP contribution is 2.42. The number of aliphatic hydroxyl groups is 1. The van der Waals surface area contributed by atoms with Crippen LogP contribution in [0, 0.1) is 0 Å². The Kier molecular flexibility index (Phi) is 4.63. The van der Waals surface area contributed by atoms with Crippen molar-refractivity contribution in [3.8, 4) is 0 Å². The van der Waals surface area contributed by atoms with Crippen molar-refractivity contribution in [3.63, 3.8) is 0 Å². The number of β-amino-alcohol motifs (C(OH)–C–C–N with tert-alkyl or cyclic N) is 1. The molecule has 2 aliphatic heterocycles. The molecule has 0 bridgehead atoms. The molecule has 4 rings (SSSR count). The van der Waals surface area contributed by atoms with Gasteiger partial charge in [0.25, 0.3) is 0 Å². The van der Waals surface area contributed by atoms with Crippen LogP contribution in [-0.2, 0) is 12.0 Å². The molecule has 0 amide bonds. The maximum absolute atomic E-state index is 10.5. The van der Waals surface area contributed by atoms with Crippen molar-refractivity contribution in [1.29, 1.82) is 0 Å². The quantitative estimate of drug-likeness (QED) is 0.932. The Morgan fingerprint density at radius 3 is 2.40 bits per heavy atom. The van der Waals surface area contributed by atoms with Crippen molar-refractivity contribution >= 4 is 0 Å². The van der Waals surface area contributed by atoms with Gasteiger partial charge in [0.2, 0.25) is 0 Å². The van der Waals surface area contributed by atoms with E-state index in [4.69, 9.17) is 0 Å². The monoisotopic (exact) mass is 336 g/mol. The van der Waals surface area contributed by atoms with Gasteiger partial charge >= 0.3 is 0 Å². The summed E-state index contributed by atoms with van der Waals surface area (Å²) in [6.45, 7) is 3.96. The Hall–Kier alpha value is -1.68. The second-order valence-corrected chi connectivity index (χ2v) is 7.59. The van der Waals surface area contributed by atoms with Gasteiger partial charge in [0.1, 0.15) is 0 Å². The van der Waals surface area contributed by atoms with Crippen LogP contribution in [0.25, 0.3) is 0 Å². The van der Waals surface area contributed by atoms with E-state index in [0.717, 1.165) is 51.0 Å². The first kappa shape index (κ1) is 16.8. The largest absolute Gasteiger partial charge is 0.387 e. The first-order chi connectivity index (χ1) is 12.2. The summed E-state index contributed by atoms with van der Waals surface area (Å²) in [6.07, 6.45) is 3.04. The normalized spacial score (nSPS) is 21.8. The fourth-order valence-electron chi connectivity index (χ4n) is 4.68. The smallest absolute Gasteiger partial charge is 0.0916 e. The number of benzene rings is 2. The molecular weight excluding hydrogens is 308 g/mol. The third-order valence-corrected chi connectivity index (χ3v) is 6.26. The molecule has 1 atom stereocenters. The van der Waals surface area contributed by atoms with Crippen LogP contribution in [0.2, 0.25) is 0 Å². The number of hydrogen-bond acceptors (Lipinski definition) is 3. The van der Waals surface area contributed by atoms with Crippen LogP contribution in [0.5, 0.6) is 0 Å². The number of likely N-dealkylation sites (tertiary alicyclic amines) is 1. The minimum atomic E-state index is -0.397. The van der Waals surface area contributed by atoms with E-state index < -0.39 is 6.10 Å². The molecule has 1 spiro atoms. The summed E-state index contributed by atoms with van der Waals surface area (Å²) in [4.78, 5) is 4.99. The zero-order valence-corrected chi connectivity index (χ0v) is 15.1. The molecule has 132 valence electrons. The van der Waals surface area contributed by atoms with Gasteiger partial charge in [0.15, 0.2) is 0 Å². The lowest BCUT2D eigenvalue weighted by molar-refractivity contribution is 0.0117. The van der Waals surface area contributed by atoms with Crippen molar-refractivity contribution < 1.29 is 5.11 Å². The summed E-state index contributed by atoms with van der Waals surface area (Å²) >= 11 is 0. The number of piperidine rings is 1. The number of aliphatic hydroxyl groups excluding tert-OH is 1. The summed E-state index contributed by atoms with van der Waals surface area (Å²) in [6, 6.07) is 19.0. The van der Waals surface area contributed by atoms with Crippen LogP contribution >= 0.6 is 0 Å². The van der Waals surface area contributed by atoms with Crippen LogP contribution in [0.1, 0.15) is 35.6 Å². The zero-order chi connectivity index (χ0) is 17.3. The maximum atomic E-state index is 10.5. The highest BCUT2D eigenvalue weighted by Gasteiger charge is 2.42. The van der Waals surface area contributed by atoms with E-state index in [2.05, 4.69) is 41.1 Å². The number of likely N-dealkylation sites (N-methyl/N-ethyl adjacent to an activating group) is 1. The molecular formula is C22H28N2O. The van der Waals surface area contributed by atoms with Crippen LogP contribution in [0.4, 0.5) is 0 Å². The molecule has 3 heteroatoms.